The molecule has 0 aliphatic rings. The highest BCUT2D eigenvalue weighted by atomic mass is 32.1. The normalized spacial score (nSPS) is 10.9. The van der Waals surface area contributed by atoms with E-state index in [4.69, 9.17) is 4.74 Å². The maximum Gasteiger partial charge on any atom is 0.343 e. The molecule has 0 amide bonds. The third-order valence-electron chi connectivity index (χ3n) is 2.98. The first-order valence-corrected chi connectivity index (χ1v) is 6.55. The molecule has 0 aliphatic carbocycles. The zero-order chi connectivity index (χ0) is 13.4. The SMILES string of the molecule is CCOC(=O)c1cn(C)c2sc(C)c(C)c2c1=O. The van der Waals surface area contributed by atoms with Crippen molar-refractivity contribution in [3.63, 3.8) is 0 Å². The summed E-state index contributed by atoms with van der Waals surface area (Å²) in [5.41, 5.74) is 0.817. The summed E-state index contributed by atoms with van der Waals surface area (Å²) >= 11 is 1.56. The average molecular weight is 265 g/mol. The van der Waals surface area contributed by atoms with Gasteiger partial charge in [-0.2, -0.15) is 0 Å². The van der Waals surface area contributed by atoms with E-state index >= 15 is 0 Å². The molecule has 0 saturated heterocycles. The second-order valence-corrected chi connectivity index (χ2v) is 5.37. The third kappa shape index (κ3) is 1.84. The van der Waals surface area contributed by atoms with Crippen LogP contribution in [0.1, 0.15) is 27.7 Å². The number of rotatable bonds is 2. The number of fused-ring (bicyclic) bond motifs is 1. The van der Waals surface area contributed by atoms with Crippen LogP contribution < -0.4 is 5.43 Å². The molecule has 0 atom stereocenters. The molecule has 0 aliphatic heterocycles. The fourth-order valence-electron chi connectivity index (χ4n) is 1.92. The highest BCUT2D eigenvalue weighted by Crippen LogP contribution is 2.27. The number of nitrogens with zero attached hydrogens (tertiary/aromatic N) is 1. The minimum absolute atomic E-state index is 0.104. The Bertz CT molecular complexity index is 682. The Balaban J connectivity index is 2.79. The molecule has 4 nitrogen and oxygen atoms in total. The van der Waals surface area contributed by atoms with Gasteiger partial charge in [0.25, 0.3) is 0 Å². The molecule has 0 unspecified atom stereocenters. The number of carbonyl (C=O) groups excluding carboxylic acids is 1. The van der Waals surface area contributed by atoms with Crippen molar-refractivity contribution in [1.82, 2.24) is 4.57 Å². The summed E-state index contributed by atoms with van der Waals surface area (Å²) < 4.78 is 6.72. The molecule has 0 aromatic carbocycles. The van der Waals surface area contributed by atoms with Crippen LogP contribution in [0.4, 0.5) is 0 Å². The molecule has 0 saturated carbocycles. The van der Waals surface area contributed by atoms with Crippen molar-refractivity contribution < 1.29 is 9.53 Å². The summed E-state index contributed by atoms with van der Waals surface area (Å²) in [5, 5.41) is 0.630. The van der Waals surface area contributed by atoms with E-state index in [0.717, 1.165) is 15.3 Å². The number of aryl methyl sites for hydroxylation is 3. The van der Waals surface area contributed by atoms with E-state index in [2.05, 4.69) is 0 Å². The molecular weight excluding hydrogens is 250 g/mol. The number of carbonyl (C=O) groups is 1. The standard InChI is InChI=1S/C13H15NO3S/c1-5-17-13(16)9-6-14(4)12-10(11(9)15)7(2)8(3)18-12/h6H,5H2,1-4H3. The van der Waals surface area contributed by atoms with Crippen molar-refractivity contribution in [1.29, 1.82) is 0 Å². The van der Waals surface area contributed by atoms with E-state index < -0.39 is 5.97 Å². The van der Waals surface area contributed by atoms with E-state index in [-0.39, 0.29) is 17.6 Å². The molecule has 0 spiro atoms. The van der Waals surface area contributed by atoms with Crippen molar-refractivity contribution in [2.24, 2.45) is 7.05 Å². The van der Waals surface area contributed by atoms with Crippen LogP contribution in [-0.4, -0.2) is 17.1 Å². The molecule has 5 heteroatoms. The molecule has 2 rings (SSSR count). The number of aromatic nitrogens is 1. The van der Waals surface area contributed by atoms with Crippen molar-refractivity contribution in [2.75, 3.05) is 6.61 Å². The van der Waals surface area contributed by atoms with Gasteiger partial charge in [0.05, 0.1) is 12.0 Å². The van der Waals surface area contributed by atoms with Gasteiger partial charge < -0.3 is 9.30 Å². The van der Waals surface area contributed by atoms with Crippen molar-refractivity contribution in [3.8, 4) is 0 Å². The highest BCUT2D eigenvalue weighted by molar-refractivity contribution is 7.18. The molecule has 96 valence electrons. The number of pyridine rings is 1. The lowest BCUT2D eigenvalue weighted by molar-refractivity contribution is 0.0524. The smallest absolute Gasteiger partial charge is 0.343 e. The molecule has 0 radical (unpaired) electrons. The Morgan fingerprint density at radius 2 is 2.11 bits per heavy atom. The molecule has 2 aromatic heterocycles. The summed E-state index contributed by atoms with van der Waals surface area (Å²) in [4.78, 5) is 26.1. The van der Waals surface area contributed by atoms with Gasteiger partial charge in [0.15, 0.2) is 0 Å². The van der Waals surface area contributed by atoms with Gasteiger partial charge in [-0.15, -0.1) is 11.3 Å². The van der Waals surface area contributed by atoms with Gasteiger partial charge in [0.2, 0.25) is 5.43 Å². The van der Waals surface area contributed by atoms with Crippen LogP contribution in [0.5, 0.6) is 0 Å². The van der Waals surface area contributed by atoms with Crippen LogP contribution in [0.15, 0.2) is 11.0 Å². The van der Waals surface area contributed by atoms with Crippen LogP contribution in [0.25, 0.3) is 10.2 Å². The van der Waals surface area contributed by atoms with Crippen LogP contribution in [-0.2, 0) is 11.8 Å². The number of ether oxygens (including phenoxy) is 1. The second-order valence-electron chi connectivity index (χ2n) is 4.17. The van der Waals surface area contributed by atoms with Gasteiger partial charge in [0.1, 0.15) is 10.4 Å². The lowest BCUT2D eigenvalue weighted by Crippen LogP contribution is -2.19. The van der Waals surface area contributed by atoms with Gasteiger partial charge in [-0.3, -0.25) is 4.79 Å². The highest BCUT2D eigenvalue weighted by Gasteiger charge is 2.18. The summed E-state index contributed by atoms with van der Waals surface area (Å²) in [5.74, 6) is -0.553. The van der Waals surface area contributed by atoms with Crippen molar-refractivity contribution in [3.05, 3.63) is 32.4 Å². The maximum absolute atomic E-state index is 12.3. The Morgan fingerprint density at radius 1 is 1.44 bits per heavy atom. The number of thiophene rings is 1. The number of hydrogen-bond donors (Lipinski definition) is 0. The first-order chi connectivity index (χ1) is 8.47. The largest absolute Gasteiger partial charge is 0.462 e. The van der Waals surface area contributed by atoms with E-state index in [1.165, 1.54) is 0 Å². The fourth-order valence-corrected chi connectivity index (χ4v) is 3.01. The van der Waals surface area contributed by atoms with Crippen molar-refractivity contribution in [2.45, 2.75) is 20.8 Å². The van der Waals surface area contributed by atoms with Gasteiger partial charge >= 0.3 is 5.97 Å². The topological polar surface area (TPSA) is 48.3 Å². The quantitative estimate of drug-likeness (QED) is 0.783. The molecule has 18 heavy (non-hydrogen) atoms. The predicted octanol–water partition coefficient (Wildman–Crippen LogP) is 2.39. The average Bonchev–Trinajstić information content (AvgIpc) is 2.62. The van der Waals surface area contributed by atoms with E-state index in [1.807, 2.05) is 25.5 Å². The Labute approximate surface area is 109 Å². The summed E-state index contributed by atoms with van der Waals surface area (Å²) in [6.07, 6.45) is 1.55. The van der Waals surface area contributed by atoms with E-state index in [9.17, 15) is 9.59 Å². The molecular formula is C13H15NO3S. The Morgan fingerprint density at radius 3 is 2.72 bits per heavy atom. The monoisotopic (exact) mass is 265 g/mol. The van der Waals surface area contributed by atoms with Crippen LogP contribution >= 0.6 is 11.3 Å². The number of hydrogen-bond acceptors (Lipinski definition) is 4. The third-order valence-corrected chi connectivity index (χ3v) is 4.27. The minimum atomic E-state index is -0.553. The molecule has 0 bridgehead atoms. The summed E-state index contributed by atoms with van der Waals surface area (Å²) in [7, 11) is 1.83. The van der Waals surface area contributed by atoms with Gasteiger partial charge in [-0.25, -0.2) is 4.79 Å². The first-order valence-electron chi connectivity index (χ1n) is 5.73. The molecule has 2 heterocycles. The molecule has 0 N–H and O–H groups in total. The molecule has 0 fully saturated rings. The van der Waals surface area contributed by atoms with E-state index in [0.29, 0.717) is 5.39 Å². The van der Waals surface area contributed by atoms with Crippen LogP contribution in [0.2, 0.25) is 0 Å². The predicted molar refractivity (Wildman–Crippen MR) is 72.5 cm³/mol. The molecule has 2 aromatic rings. The van der Waals surface area contributed by atoms with Crippen LogP contribution in [0.3, 0.4) is 0 Å². The van der Waals surface area contributed by atoms with Gasteiger partial charge in [-0.1, -0.05) is 0 Å². The van der Waals surface area contributed by atoms with Crippen molar-refractivity contribution >= 4 is 27.5 Å². The maximum atomic E-state index is 12.3. The van der Waals surface area contributed by atoms with E-state index in [1.54, 1.807) is 24.5 Å². The van der Waals surface area contributed by atoms with Gasteiger partial charge in [0, 0.05) is 18.1 Å². The Hall–Kier alpha value is -1.62. The second kappa shape index (κ2) is 4.57. The lowest BCUT2D eigenvalue weighted by atomic mass is 10.1. The lowest BCUT2D eigenvalue weighted by Gasteiger charge is -2.05. The van der Waals surface area contributed by atoms with Gasteiger partial charge in [-0.05, 0) is 26.3 Å². The minimum Gasteiger partial charge on any atom is -0.462 e. The summed E-state index contributed by atoms with van der Waals surface area (Å²) in [6, 6.07) is 0. The first kappa shape index (κ1) is 12.8. The Kier molecular flexibility index (Phi) is 3.26. The zero-order valence-corrected chi connectivity index (χ0v) is 11.7. The number of esters is 1. The summed E-state index contributed by atoms with van der Waals surface area (Å²) in [6.45, 7) is 5.87. The fraction of sp³-hybridized carbons (Fsp3) is 0.385. The zero-order valence-electron chi connectivity index (χ0n) is 10.9. The van der Waals surface area contributed by atoms with Crippen LogP contribution in [0, 0.1) is 13.8 Å².